The first-order valence-electron chi connectivity index (χ1n) is 7.82. The molecular weight excluding hydrogens is 402 g/mol. The van der Waals surface area contributed by atoms with Crippen LogP contribution < -0.4 is 0 Å². The van der Waals surface area contributed by atoms with E-state index >= 15 is 0 Å². The van der Waals surface area contributed by atoms with Crippen molar-refractivity contribution in [1.29, 1.82) is 0 Å². The summed E-state index contributed by atoms with van der Waals surface area (Å²) in [5.74, 6) is 1.43. The van der Waals surface area contributed by atoms with Crippen LogP contribution in [0.15, 0.2) is 0 Å². The second-order valence-electron chi connectivity index (χ2n) is 5.47. The van der Waals surface area contributed by atoms with E-state index in [-0.39, 0.29) is 13.1 Å². The molecule has 0 amide bonds. The van der Waals surface area contributed by atoms with E-state index in [0.717, 1.165) is 0 Å². The van der Waals surface area contributed by atoms with E-state index in [1.165, 1.54) is 0 Å². The average molecular weight is 430 g/mol. The van der Waals surface area contributed by atoms with Crippen LogP contribution in [-0.2, 0) is 0 Å². The summed E-state index contributed by atoms with van der Waals surface area (Å²) < 4.78 is 0. The molecule has 0 saturated carbocycles. The smallest absolute Gasteiger partial charge is 0.110 e. The van der Waals surface area contributed by atoms with Crippen LogP contribution in [0.2, 0.25) is 0 Å². The SMILES string of the molecule is O[C@@H]([C@H](O)[C@@H](O)CN(CCCl)CCCl)[C@H](O)CN(CCCl)CCCl. The topological polar surface area (TPSA) is 87.4 Å². The van der Waals surface area contributed by atoms with Gasteiger partial charge in [0.05, 0.1) is 12.2 Å². The number of hydrogen-bond donors (Lipinski definition) is 4. The van der Waals surface area contributed by atoms with Crippen molar-refractivity contribution in [2.45, 2.75) is 24.4 Å². The van der Waals surface area contributed by atoms with E-state index in [1.807, 2.05) is 0 Å². The van der Waals surface area contributed by atoms with Gasteiger partial charge < -0.3 is 20.4 Å². The van der Waals surface area contributed by atoms with E-state index in [0.29, 0.717) is 49.7 Å². The van der Waals surface area contributed by atoms with Gasteiger partial charge in [-0.2, -0.15) is 0 Å². The molecule has 4 atom stereocenters. The number of aliphatic hydroxyl groups is 4. The van der Waals surface area contributed by atoms with Gasteiger partial charge in [0, 0.05) is 62.8 Å². The normalized spacial score (nSPS) is 17.2. The van der Waals surface area contributed by atoms with Gasteiger partial charge in [-0.3, -0.25) is 9.80 Å². The second-order valence-corrected chi connectivity index (χ2v) is 6.98. The van der Waals surface area contributed by atoms with Gasteiger partial charge in [-0.25, -0.2) is 0 Å². The van der Waals surface area contributed by atoms with Crippen molar-refractivity contribution >= 4 is 46.4 Å². The van der Waals surface area contributed by atoms with Gasteiger partial charge >= 0.3 is 0 Å². The average Bonchev–Trinajstić information content (AvgIpc) is 2.54. The maximum Gasteiger partial charge on any atom is 0.110 e. The molecule has 0 aromatic rings. The summed E-state index contributed by atoms with van der Waals surface area (Å²) in [5, 5.41) is 40.4. The monoisotopic (exact) mass is 428 g/mol. The summed E-state index contributed by atoms with van der Waals surface area (Å²) in [5.41, 5.74) is 0. The number of nitrogens with zero attached hydrogens (tertiary/aromatic N) is 2. The Morgan fingerprint density at radius 2 is 0.792 bits per heavy atom. The number of halogens is 4. The Balaban J connectivity index is 4.55. The Bertz CT molecular complexity index is 268. The number of alkyl halides is 4. The molecule has 0 aliphatic carbocycles. The van der Waals surface area contributed by atoms with Crippen molar-refractivity contribution in [3.05, 3.63) is 0 Å². The molecule has 0 aliphatic rings. The minimum atomic E-state index is -1.50. The van der Waals surface area contributed by atoms with E-state index in [9.17, 15) is 20.4 Å². The Morgan fingerprint density at radius 1 is 0.542 bits per heavy atom. The van der Waals surface area contributed by atoms with Crippen LogP contribution >= 0.6 is 46.4 Å². The summed E-state index contributed by atoms with van der Waals surface area (Å²) in [6, 6.07) is 0. The lowest BCUT2D eigenvalue weighted by Gasteiger charge is -2.32. The zero-order valence-corrected chi connectivity index (χ0v) is 16.6. The Labute approximate surface area is 163 Å². The highest BCUT2D eigenvalue weighted by Crippen LogP contribution is 2.09. The first-order valence-corrected chi connectivity index (χ1v) is 9.95. The zero-order chi connectivity index (χ0) is 18.5. The first kappa shape index (κ1) is 24.9. The quantitative estimate of drug-likeness (QED) is 0.274. The molecule has 0 radical (unpaired) electrons. The van der Waals surface area contributed by atoms with Crippen molar-refractivity contribution in [1.82, 2.24) is 9.80 Å². The maximum absolute atomic E-state index is 10.1. The fourth-order valence-electron chi connectivity index (χ4n) is 2.27. The van der Waals surface area contributed by atoms with Crippen molar-refractivity contribution < 1.29 is 20.4 Å². The van der Waals surface area contributed by atoms with Crippen LogP contribution in [0.4, 0.5) is 0 Å². The summed E-state index contributed by atoms with van der Waals surface area (Å²) in [6.45, 7) is 2.17. The molecule has 0 aliphatic heterocycles. The van der Waals surface area contributed by atoms with Crippen LogP contribution in [0, 0.1) is 0 Å². The molecule has 10 heteroatoms. The molecular formula is C14H28Cl4N2O4. The lowest BCUT2D eigenvalue weighted by molar-refractivity contribution is -0.114. The van der Waals surface area contributed by atoms with Crippen LogP contribution in [0.25, 0.3) is 0 Å². The molecule has 6 nitrogen and oxygen atoms in total. The van der Waals surface area contributed by atoms with Gasteiger partial charge in [-0.15, -0.1) is 46.4 Å². The van der Waals surface area contributed by atoms with Crippen molar-refractivity contribution in [3.8, 4) is 0 Å². The third-order valence-corrected chi connectivity index (χ3v) is 4.31. The molecule has 0 unspecified atom stereocenters. The highest BCUT2D eigenvalue weighted by atomic mass is 35.5. The van der Waals surface area contributed by atoms with E-state index in [4.69, 9.17) is 46.4 Å². The summed E-state index contributed by atoms with van der Waals surface area (Å²) in [4.78, 5) is 3.56. The van der Waals surface area contributed by atoms with Gasteiger partial charge in [0.25, 0.3) is 0 Å². The van der Waals surface area contributed by atoms with Crippen molar-refractivity contribution in [3.63, 3.8) is 0 Å². The predicted octanol–water partition coefficient (Wildman–Crippen LogP) is -0.0108. The van der Waals surface area contributed by atoms with E-state index in [1.54, 1.807) is 9.80 Å². The Morgan fingerprint density at radius 3 is 1.00 bits per heavy atom. The van der Waals surface area contributed by atoms with Crippen LogP contribution in [0.1, 0.15) is 0 Å². The molecule has 0 fully saturated rings. The molecule has 24 heavy (non-hydrogen) atoms. The minimum absolute atomic E-state index is 0.0947. The van der Waals surface area contributed by atoms with E-state index in [2.05, 4.69) is 0 Å². The third kappa shape index (κ3) is 10.2. The molecule has 0 bridgehead atoms. The number of hydrogen-bond acceptors (Lipinski definition) is 6. The molecule has 0 aromatic carbocycles. The van der Waals surface area contributed by atoms with Crippen LogP contribution in [-0.4, -0.2) is 117 Å². The molecule has 0 saturated heterocycles. The van der Waals surface area contributed by atoms with Crippen LogP contribution in [0.3, 0.4) is 0 Å². The molecule has 146 valence electrons. The van der Waals surface area contributed by atoms with Gasteiger partial charge in [-0.05, 0) is 0 Å². The third-order valence-electron chi connectivity index (χ3n) is 3.63. The second kappa shape index (κ2) is 15.0. The molecule has 4 N–H and O–H groups in total. The van der Waals surface area contributed by atoms with Gasteiger partial charge in [0.2, 0.25) is 0 Å². The van der Waals surface area contributed by atoms with Crippen molar-refractivity contribution in [2.75, 3.05) is 62.8 Å². The standard InChI is InChI=1S/C14H28Cl4N2O4/c15-1-5-19(6-2-16)9-11(21)13(23)14(24)12(22)10-20(7-3-17)8-4-18/h11-14,21-24H,1-10H2/t11-,12+,13-,14-/m1/s1. The first-order chi connectivity index (χ1) is 11.4. The highest BCUT2D eigenvalue weighted by molar-refractivity contribution is 6.18. The van der Waals surface area contributed by atoms with Crippen LogP contribution in [0.5, 0.6) is 0 Å². The maximum atomic E-state index is 10.1. The molecule has 0 rings (SSSR count). The van der Waals surface area contributed by atoms with Gasteiger partial charge in [0.15, 0.2) is 0 Å². The summed E-state index contributed by atoms with van der Waals surface area (Å²) in [6.07, 6.45) is -5.48. The Kier molecular flexibility index (Phi) is 15.6. The lowest BCUT2D eigenvalue weighted by Crippen LogP contribution is -2.52. The Hall–Kier alpha value is 0.920. The predicted molar refractivity (Wildman–Crippen MR) is 99.8 cm³/mol. The molecule has 0 spiro atoms. The zero-order valence-electron chi connectivity index (χ0n) is 13.6. The lowest BCUT2D eigenvalue weighted by atomic mass is 10.0. The summed E-state index contributed by atoms with van der Waals surface area (Å²) in [7, 11) is 0. The highest BCUT2D eigenvalue weighted by Gasteiger charge is 2.32. The summed E-state index contributed by atoms with van der Waals surface area (Å²) >= 11 is 22.7. The van der Waals surface area contributed by atoms with E-state index < -0.39 is 24.4 Å². The number of rotatable bonds is 15. The minimum Gasteiger partial charge on any atom is -0.389 e. The molecule has 0 aromatic heterocycles. The van der Waals surface area contributed by atoms with Crippen molar-refractivity contribution in [2.24, 2.45) is 0 Å². The fraction of sp³-hybridized carbons (Fsp3) is 1.00. The number of aliphatic hydroxyl groups excluding tert-OH is 4. The largest absolute Gasteiger partial charge is 0.389 e. The van der Waals surface area contributed by atoms with Gasteiger partial charge in [-0.1, -0.05) is 0 Å². The molecule has 0 heterocycles. The van der Waals surface area contributed by atoms with Gasteiger partial charge in [0.1, 0.15) is 12.2 Å². The fourth-order valence-corrected chi connectivity index (χ4v) is 3.22.